The highest BCUT2D eigenvalue weighted by atomic mass is 35.5. The van der Waals surface area contributed by atoms with E-state index in [1.165, 1.54) is 4.31 Å². The molecule has 6 nitrogen and oxygen atoms in total. The first-order valence-electron chi connectivity index (χ1n) is 9.61. The van der Waals surface area contributed by atoms with E-state index < -0.39 is 10.0 Å². The van der Waals surface area contributed by atoms with Crippen LogP contribution in [0.1, 0.15) is 25.3 Å². The summed E-state index contributed by atoms with van der Waals surface area (Å²) in [7, 11) is -3.59. The van der Waals surface area contributed by atoms with E-state index in [0.717, 1.165) is 5.56 Å². The average molecular weight is 437 g/mol. The largest absolute Gasteiger partial charge is 0.494 e. The number of anilines is 1. The molecule has 1 aliphatic heterocycles. The Bertz CT molecular complexity index is 969. The maximum absolute atomic E-state index is 12.9. The molecule has 2 aromatic rings. The van der Waals surface area contributed by atoms with Crippen molar-refractivity contribution in [3.05, 3.63) is 53.1 Å². The van der Waals surface area contributed by atoms with Crippen LogP contribution in [0.4, 0.5) is 5.69 Å². The van der Waals surface area contributed by atoms with Gasteiger partial charge < -0.3 is 10.1 Å². The molecular formula is C21H25ClN2O4S. The third-order valence-electron chi connectivity index (χ3n) is 5.05. The van der Waals surface area contributed by atoms with E-state index in [1.54, 1.807) is 36.4 Å². The van der Waals surface area contributed by atoms with E-state index in [4.69, 9.17) is 16.3 Å². The number of rotatable bonds is 6. The van der Waals surface area contributed by atoms with Crippen LogP contribution < -0.4 is 10.1 Å². The summed E-state index contributed by atoms with van der Waals surface area (Å²) in [6.45, 7) is 4.91. The number of nitrogens with zero attached hydrogens (tertiary/aromatic N) is 1. The van der Waals surface area contributed by atoms with Gasteiger partial charge in [-0.3, -0.25) is 4.79 Å². The summed E-state index contributed by atoms with van der Waals surface area (Å²) in [4.78, 5) is 12.9. The lowest BCUT2D eigenvalue weighted by Gasteiger charge is -2.30. The van der Waals surface area contributed by atoms with Crippen molar-refractivity contribution in [1.29, 1.82) is 0 Å². The molecule has 0 aliphatic carbocycles. The lowest BCUT2D eigenvalue weighted by Crippen LogP contribution is -2.41. The van der Waals surface area contributed by atoms with E-state index in [9.17, 15) is 13.2 Å². The van der Waals surface area contributed by atoms with Crippen molar-refractivity contribution in [3.63, 3.8) is 0 Å². The van der Waals surface area contributed by atoms with E-state index >= 15 is 0 Å². The third kappa shape index (κ3) is 5.10. The first-order chi connectivity index (χ1) is 13.8. The summed E-state index contributed by atoms with van der Waals surface area (Å²) in [6, 6.07) is 11.8. The lowest BCUT2D eigenvalue weighted by molar-refractivity contribution is -0.120. The van der Waals surface area contributed by atoms with Gasteiger partial charge in [-0.2, -0.15) is 4.31 Å². The number of nitrogens with one attached hydrogen (secondary N) is 1. The molecule has 29 heavy (non-hydrogen) atoms. The summed E-state index contributed by atoms with van der Waals surface area (Å²) in [5, 5.41) is 3.48. The molecule has 1 saturated heterocycles. The summed E-state index contributed by atoms with van der Waals surface area (Å²) < 4.78 is 32.6. The highest BCUT2D eigenvalue weighted by Crippen LogP contribution is 2.27. The average Bonchev–Trinajstić information content (AvgIpc) is 2.71. The van der Waals surface area contributed by atoms with Crippen molar-refractivity contribution < 1.29 is 17.9 Å². The first kappa shape index (κ1) is 21.6. The maximum Gasteiger partial charge on any atom is 0.243 e. The second kappa shape index (κ2) is 9.15. The van der Waals surface area contributed by atoms with Crippen molar-refractivity contribution in [2.75, 3.05) is 25.0 Å². The molecule has 1 N–H and O–H groups in total. The number of ether oxygens (including phenoxy) is 1. The Hall–Kier alpha value is -2.09. The van der Waals surface area contributed by atoms with Crippen molar-refractivity contribution in [1.82, 2.24) is 4.31 Å². The highest BCUT2D eigenvalue weighted by molar-refractivity contribution is 7.89. The van der Waals surface area contributed by atoms with Gasteiger partial charge in [0.25, 0.3) is 0 Å². The molecule has 1 aliphatic rings. The Morgan fingerprint density at radius 1 is 1.17 bits per heavy atom. The molecule has 0 unspecified atom stereocenters. The summed E-state index contributed by atoms with van der Waals surface area (Å²) in [5.74, 6) is 0.298. The first-order valence-corrected chi connectivity index (χ1v) is 11.4. The topological polar surface area (TPSA) is 75.7 Å². The summed E-state index contributed by atoms with van der Waals surface area (Å²) >= 11 is 6.01. The molecule has 0 aromatic heterocycles. The van der Waals surface area contributed by atoms with Crippen molar-refractivity contribution in [2.45, 2.75) is 31.6 Å². The fourth-order valence-corrected chi connectivity index (χ4v) is 4.99. The number of halogens is 1. The number of hydrogen-bond donors (Lipinski definition) is 1. The van der Waals surface area contributed by atoms with Gasteiger partial charge in [-0.05, 0) is 68.7 Å². The van der Waals surface area contributed by atoms with Gasteiger partial charge in [0.05, 0.1) is 11.5 Å². The van der Waals surface area contributed by atoms with E-state index in [2.05, 4.69) is 5.32 Å². The van der Waals surface area contributed by atoms with Crippen LogP contribution in [0.5, 0.6) is 5.75 Å². The van der Waals surface area contributed by atoms with Crippen LogP contribution in [0.2, 0.25) is 5.02 Å². The van der Waals surface area contributed by atoms with Gasteiger partial charge in [0.2, 0.25) is 15.9 Å². The van der Waals surface area contributed by atoms with Crippen molar-refractivity contribution in [2.24, 2.45) is 5.92 Å². The number of hydrogen-bond acceptors (Lipinski definition) is 4. The minimum atomic E-state index is -3.59. The Morgan fingerprint density at radius 2 is 1.83 bits per heavy atom. The van der Waals surface area contributed by atoms with Crippen LogP contribution in [0, 0.1) is 12.8 Å². The highest BCUT2D eigenvalue weighted by Gasteiger charge is 2.32. The van der Waals surface area contributed by atoms with Crippen LogP contribution in [-0.4, -0.2) is 38.3 Å². The van der Waals surface area contributed by atoms with Gasteiger partial charge >= 0.3 is 0 Å². The van der Waals surface area contributed by atoms with Gasteiger partial charge in [0, 0.05) is 29.7 Å². The molecule has 1 fully saturated rings. The number of carbonyl (C=O) groups is 1. The van der Waals surface area contributed by atoms with Gasteiger partial charge in [0.1, 0.15) is 5.75 Å². The second-order valence-corrected chi connectivity index (χ2v) is 9.41. The molecule has 0 radical (unpaired) electrons. The molecule has 1 amide bonds. The molecule has 0 spiro atoms. The van der Waals surface area contributed by atoms with Crippen LogP contribution in [0.15, 0.2) is 47.4 Å². The van der Waals surface area contributed by atoms with Gasteiger partial charge in [-0.15, -0.1) is 0 Å². The quantitative estimate of drug-likeness (QED) is 0.740. The van der Waals surface area contributed by atoms with Crippen LogP contribution in [-0.2, 0) is 14.8 Å². The smallest absolute Gasteiger partial charge is 0.243 e. The minimum absolute atomic E-state index is 0.103. The fourth-order valence-electron chi connectivity index (χ4n) is 3.35. The maximum atomic E-state index is 12.9. The monoisotopic (exact) mass is 436 g/mol. The minimum Gasteiger partial charge on any atom is -0.494 e. The van der Waals surface area contributed by atoms with Gasteiger partial charge in [0.15, 0.2) is 0 Å². The summed E-state index contributed by atoms with van der Waals surface area (Å²) in [5.41, 5.74) is 1.62. The molecule has 0 saturated carbocycles. The molecule has 2 aromatic carbocycles. The van der Waals surface area contributed by atoms with Gasteiger partial charge in [-0.25, -0.2) is 8.42 Å². The van der Waals surface area contributed by atoms with Crippen molar-refractivity contribution in [3.8, 4) is 5.75 Å². The Labute approximate surface area is 176 Å². The number of benzene rings is 2. The second-order valence-electron chi connectivity index (χ2n) is 7.03. The Balaban J connectivity index is 1.61. The number of amides is 1. The summed E-state index contributed by atoms with van der Waals surface area (Å²) in [6.07, 6.45) is 0.948. The standard InChI is InChI=1S/C21H25ClN2O4S/c1-3-28-18-6-8-19(9-7-18)29(26,27)24-12-10-16(11-13-24)21(25)23-20-14-17(22)5-4-15(20)2/h4-9,14,16H,3,10-13H2,1-2H3,(H,23,25). The fraction of sp³-hybridized carbons (Fsp3) is 0.381. The zero-order valence-electron chi connectivity index (χ0n) is 16.5. The zero-order chi connectivity index (χ0) is 21.0. The molecular weight excluding hydrogens is 412 g/mol. The SMILES string of the molecule is CCOc1ccc(S(=O)(=O)N2CCC(C(=O)Nc3cc(Cl)ccc3C)CC2)cc1. The van der Waals surface area contributed by atoms with Crippen LogP contribution >= 0.6 is 11.6 Å². The Kier molecular flexibility index (Phi) is 6.82. The Morgan fingerprint density at radius 3 is 2.45 bits per heavy atom. The predicted molar refractivity (Wildman–Crippen MR) is 114 cm³/mol. The van der Waals surface area contributed by atoms with E-state index in [0.29, 0.717) is 49.0 Å². The zero-order valence-corrected chi connectivity index (χ0v) is 18.1. The molecule has 0 bridgehead atoms. The normalized spacial score (nSPS) is 15.8. The molecule has 156 valence electrons. The predicted octanol–water partition coefficient (Wildman–Crippen LogP) is 4.09. The molecule has 3 rings (SSSR count). The van der Waals surface area contributed by atoms with E-state index in [1.807, 2.05) is 19.9 Å². The number of piperidine rings is 1. The third-order valence-corrected chi connectivity index (χ3v) is 7.20. The molecule has 0 atom stereocenters. The molecule has 1 heterocycles. The van der Waals surface area contributed by atoms with E-state index in [-0.39, 0.29) is 16.7 Å². The number of sulfonamides is 1. The number of aryl methyl sites for hydroxylation is 1. The molecule has 8 heteroatoms. The van der Waals surface area contributed by atoms with Crippen molar-refractivity contribution >= 4 is 33.2 Å². The van der Waals surface area contributed by atoms with Gasteiger partial charge in [-0.1, -0.05) is 17.7 Å². The van der Waals surface area contributed by atoms with Crippen LogP contribution in [0.25, 0.3) is 0 Å². The lowest BCUT2D eigenvalue weighted by atomic mass is 9.97. The number of carbonyl (C=O) groups excluding carboxylic acids is 1. The van der Waals surface area contributed by atoms with Crippen LogP contribution in [0.3, 0.4) is 0 Å².